The smallest absolute Gasteiger partial charge is 0.262 e. The highest BCUT2D eigenvalue weighted by atomic mass is 32.2. The molecule has 1 heterocycles. The van der Waals surface area contributed by atoms with Gasteiger partial charge in [-0.25, -0.2) is 12.8 Å². The second-order valence-electron chi connectivity index (χ2n) is 5.71. The summed E-state index contributed by atoms with van der Waals surface area (Å²) in [6.07, 6.45) is 0. The number of aryl methyl sites for hydroxylation is 1. The minimum Gasteiger partial charge on any atom is -0.276 e. The molecule has 0 saturated carbocycles. The van der Waals surface area contributed by atoms with Crippen LogP contribution >= 0.6 is 0 Å². The van der Waals surface area contributed by atoms with Gasteiger partial charge in [-0.05, 0) is 32.0 Å². The molecule has 0 unspecified atom stereocenters. The molecule has 0 amide bonds. The van der Waals surface area contributed by atoms with E-state index in [0.29, 0.717) is 22.6 Å². The molecule has 5 nitrogen and oxygen atoms in total. The quantitative estimate of drug-likeness (QED) is 0.758. The fourth-order valence-electron chi connectivity index (χ4n) is 2.58. The third-order valence-electron chi connectivity index (χ3n) is 3.95. The summed E-state index contributed by atoms with van der Waals surface area (Å²) >= 11 is 0. The van der Waals surface area contributed by atoms with Gasteiger partial charge in [0.25, 0.3) is 10.0 Å². The molecular weight excluding hydrogens is 341 g/mol. The molecule has 0 fully saturated rings. The Morgan fingerprint density at radius 2 is 1.68 bits per heavy atom. The van der Waals surface area contributed by atoms with Crippen LogP contribution < -0.4 is 4.72 Å². The number of halogens is 1. The highest BCUT2D eigenvalue weighted by molar-refractivity contribution is 7.92. The van der Waals surface area contributed by atoms with Gasteiger partial charge in [-0.1, -0.05) is 36.4 Å². The van der Waals surface area contributed by atoms with Crippen molar-refractivity contribution in [2.24, 2.45) is 0 Å². The van der Waals surface area contributed by atoms with Crippen LogP contribution in [0.15, 0.2) is 59.5 Å². The van der Waals surface area contributed by atoms with Gasteiger partial charge >= 0.3 is 0 Å². The van der Waals surface area contributed by atoms with Crippen molar-refractivity contribution in [3.8, 4) is 0 Å². The first kappa shape index (κ1) is 17.2. The Morgan fingerprint density at radius 3 is 2.36 bits per heavy atom. The van der Waals surface area contributed by atoms with E-state index in [2.05, 4.69) is 9.82 Å². The minimum absolute atomic E-state index is 0.177. The Morgan fingerprint density at radius 1 is 1.04 bits per heavy atom. The molecule has 1 N–H and O–H groups in total. The van der Waals surface area contributed by atoms with Crippen molar-refractivity contribution in [2.75, 3.05) is 4.72 Å². The summed E-state index contributed by atoms with van der Waals surface area (Å²) in [6, 6.07) is 14.6. The van der Waals surface area contributed by atoms with Crippen molar-refractivity contribution in [1.82, 2.24) is 9.78 Å². The maximum absolute atomic E-state index is 13.9. The summed E-state index contributed by atoms with van der Waals surface area (Å²) < 4.78 is 43.1. The minimum atomic E-state index is -3.70. The molecule has 25 heavy (non-hydrogen) atoms. The van der Waals surface area contributed by atoms with E-state index in [1.165, 1.54) is 18.2 Å². The molecule has 0 spiro atoms. The third kappa shape index (κ3) is 3.56. The number of benzene rings is 2. The standard InChI is InChI=1S/C18H18FN3O2S/c1-13-18(21-25(23,24)16-9-4-3-5-10-16)14(2)22(20-13)12-15-8-6-7-11-17(15)19/h3-11,21H,12H2,1-2H3. The normalized spacial score (nSPS) is 11.5. The molecule has 0 atom stereocenters. The third-order valence-corrected chi connectivity index (χ3v) is 5.31. The van der Waals surface area contributed by atoms with Crippen molar-refractivity contribution in [2.45, 2.75) is 25.3 Å². The average molecular weight is 359 g/mol. The van der Waals surface area contributed by atoms with E-state index in [1.54, 1.807) is 54.9 Å². The summed E-state index contributed by atoms with van der Waals surface area (Å²) in [7, 11) is -3.70. The number of anilines is 1. The van der Waals surface area contributed by atoms with Crippen LogP contribution in [0, 0.1) is 19.7 Å². The predicted molar refractivity (Wildman–Crippen MR) is 94.5 cm³/mol. The maximum Gasteiger partial charge on any atom is 0.262 e. The van der Waals surface area contributed by atoms with Gasteiger partial charge in [-0.3, -0.25) is 9.40 Å². The summed E-state index contributed by atoms with van der Waals surface area (Å²) in [5.74, 6) is -0.318. The number of nitrogens with zero attached hydrogens (tertiary/aromatic N) is 2. The monoisotopic (exact) mass is 359 g/mol. The second kappa shape index (κ2) is 6.68. The predicted octanol–water partition coefficient (Wildman–Crippen LogP) is 3.49. The molecule has 0 bridgehead atoms. The maximum atomic E-state index is 13.9. The van der Waals surface area contributed by atoms with Gasteiger partial charge in [0.2, 0.25) is 0 Å². The van der Waals surface area contributed by atoms with Crippen LogP contribution in [0.25, 0.3) is 0 Å². The first-order valence-electron chi connectivity index (χ1n) is 7.74. The first-order chi connectivity index (χ1) is 11.9. The zero-order chi connectivity index (χ0) is 18.0. The Labute approximate surface area is 146 Å². The zero-order valence-electron chi connectivity index (χ0n) is 13.9. The Balaban J connectivity index is 1.92. The van der Waals surface area contributed by atoms with Gasteiger partial charge in [0, 0.05) is 5.56 Å². The SMILES string of the molecule is Cc1nn(Cc2ccccc2F)c(C)c1NS(=O)(=O)c1ccccc1. The van der Waals surface area contributed by atoms with E-state index in [4.69, 9.17) is 0 Å². The van der Waals surface area contributed by atoms with Crippen molar-refractivity contribution < 1.29 is 12.8 Å². The van der Waals surface area contributed by atoms with E-state index in [1.807, 2.05) is 0 Å². The van der Waals surface area contributed by atoms with Crippen molar-refractivity contribution in [3.63, 3.8) is 0 Å². The fraction of sp³-hybridized carbons (Fsp3) is 0.167. The number of sulfonamides is 1. The van der Waals surface area contributed by atoms with Crippen LogP contribution in [-0.2, 0) is 16.6 Å². The van der Waals surface area contributed by atoms with Gasteiger partial charge in [-0.2, -0.15) is 5.10 Å². The molecule has 0 aliphatic heterocycles. The lowest BCUT2D eigenvalue weighted by Crippen LogP contribution is -2.14. The van der Waals surface area contributed by atoms with Crippen LogP contribution in [0.4, 0.5) is 10.1 Å². The van der Waals surface area contributed by atoms with Crippen molar-refractivity contribution in [3.05, 3.63) is 77.4 Å². The number of nitrogens with one attached hydrogen (secondary N) is 1. The molecule has 0 saturated heterocycles. The Bertz CT molecular complexity index is 998. The van der Waals surface area contributed by atoms with Gasteiger partial charge in [0.1, 0.15) is 5.82 Å². The molecule has 3 rings (SSSR count). The van der Waals surface area contributed by atoms with Crippen LogP contribution in [-0.4, -0.2) is 18.2 Å². The molecule has 130 valence electrons. The number of hydrogen-bond acceptors (Lipinski definition) is 3. The molecule has 2 aromatic carbocycles. The van der Waals surface area contributed by atoms with E-state index in [0.717, 1.165) is 0 Å². The lowest BCUT2D eigenvalue weighted by molar-refractivity contribution is 0.579. The largest absolute Gasteiger partial charge is 0.276 e. The summed E-state index contributed by atoms with van der Waals surface area (Å²) in [5, 5.41) is 4.35. The summed E-state index contributed by atoms with van der Waals surface area (Å²) in [4.78, 5) is 0.177. The molecular formula is C18H18FN3O2S. The van der Waals surface area contributed by atoms with Crippen molar-refractivity contribution >= 4 is 15.7 Å². The average Bonchev–Trinajstić information content (AvgIpc) is 2.85. The van der Waals surface area contributed by atoms with Crippen LogP contribution in [0.1, 0.15) is 17.0 Å². The molecule has 0 aliphatic rings. The van der Waals surface area contributed by atoms with E-state index in [-0.39, 0.29) is 17.3 Å². The second-order valence-corrected chi connectivity index (χ2v) is 7.40. The van der Waals surface area contributed by atoms with E-state index in [9.17, 15) is 12.8 Å². The number of rotatable bonds is 5. The van der Waals surface area contributed by atoms with E-state index < -0.39 is 10.0 Å². The van der Waals surface area contributed by atoms with Crippen molar-refractivity contribution in [1.29, 1.82) is 0 Å². The highest BCUT2D eigenvalue weighted by Gasteiger charge is 2.20. The van der Waals surface area contributed by atoms with E-state index >= 15 is 0 Å². The lowest BCUT2D eigenvalue weighted by Gasteiger charge is -2.09. The first-order valence-corrected chi connectivity index (χ1v) is 9.22. The van der Waals surface area contributed by atoms with Crippen LogP contribution in [0.2, 0.25) is 0 Å². The molecule has 0 aliphatic carbocycles. The fourth-order valence-corrected chi connectivity index (χ4v) is 3.78. The van der Waals surface area contributed by atoms with Gasteiger partial charge in [0.05, 0.1) is 28.5 Å². The molecule has 1 aromatic heterocycles. The van der Waals surface area contributed by atoms with Crippen LogP contribution in [0.3, 0.4) is 0 Å². The molecule has 3 aromatic rings. The summed E-state index contributed by atoms with van der Waals surface area (Å²) in [6.45, 7) is 3.70. The Kier molecular flexibility index (Phi) is 4.59. The lowest BCUT2D eigenvalue weighted by atomic mass is 10.2. The molecule has 7 heteroatoms. The molecule has 0 radical (unpaired) electrons. The highest BCUT2D eigenvalue weighted by Crippen LogP contribution is 2.24. The van der Waals surface area contributed by atoms with Gasteiger partial charge < -0.3 is 0 Å². The van der Waals surface area contributed by atoms with Gasteiger partial charge in [0.15, 0.2) is 0 Å². The number of aromatic nitrogens is 2. The van der Waals surface area contributed by atoms with Gasteiger partial charge in [-0.15, -0.1) is 0 Å². The summed E-state index contributed by atoms with van der Waals surface area (Å²) in [5.41, 5.74) is 2.07. The topological polar surface area (TPSA) is 64.0 Å². The number of hydrogen-bond donors (Lipinski definition) is 1. The zero-order valence-corrected chi connectivity index (χ0v) is 14.7. The Hall–Kier alpha value is -2.67. The van der Waals surface area contributed by atoms with Crippen LogP contribution in [0.5, 0.6) is 0 Å².